The maximum Gasteiger partial charge on any atom is 0.234 e. The Bertz CT molecular complexity index is 1430. The predicted octanol–water partition coefficient (Wildman–Crippen LogP) is 5.01. The monoisotopic (exact) mass is 480 g/mol. The molecule has 5 rings (SSSR count). The van der Waals surface area contributed by atoms with E-state index in [1.165, 1.54) is 24.3 Å². The van der Waals surface area contributed by atoms with Gasteiger partial charge in [0.1, 0.15) is 19.0 Å². The van der Waals surface area contributed by atoms with E-state index in [0.717, 1.165) is 11.1 Å². The lowest BCUT2D eigenvalue weighted by Gasteiger charge is -2.18. The predicted molar refractivity (Wildman–Crippen MR) is 123 cm³/mol. The van der Waals surface area contributed by atoms with Crippen molar-refractivity contribution in [2.75, 3.05) is 18.5 Å². The molecular formula is C25H21FN2O5S. The Balaban J connectivity index is 1.54. The van der Waals surface area contributed by atoms with Crippen molar-refractivity contribution in [3.63, 3.8) is 0 Å². The van der Waals surface area contributed by atoms with Crippen LogP contribution in [0.25, 0.3) is 11.5 Å². The van der Waals surface area contributed by atoms with Gasteiger partial charge < -0.3 is 19.2 Å². The Kier molecular flexibility index (Phi) is 5.70. The number of benzene rings is 3. The molecule has 0 atom stereocenters. The van der Waals surface area contributed by atoms with Crippen molar-refractivity contribution in [3.8, 4) is 23.0 Å². The second kappa shape index (κ2) is 8.83. The van der Waals surface area contributed by atoms with Gasteiger partial charge in [-0.05, 0) is 48.9 Å². The van der Waals surface area contributed by atoms with E-state index >= 15 is 0 Å². The maximum atomic E-state index is 13.6. The van der Waals surface area contributed by atoms with Crippen molar-refractivity contribution in [2.24, 2.45) is 0 Å². The molecule has 34 heavy (non-hydrogen) atoms. The summed E-state index contributed by atoms with van der Waals surface area (Å²) >= 11 is 0. The highest BCUT2D eigenvalue weighted by atomic mass is 32.2. The minimum absolute atomic E-state index is 0.00482. The van der Waals surface area contributed by atoms with Crippen LogP contribution < -0.4 is 14.8 Å². The van der Waals surface area contributed by atoms with E-state index in [2.05, 4.69) is 10.3 Å². The third kappa shape index (κ3) is 4.34. The molecule has 0 aliphatic carbocycles. The maximum absolute atomic E-state index is 13.6. The number of nitrogens with zero attached hydrogens (tertiary/aromatic N) is 1. The van der Waals surface area contributed by atoms with Crippen LogP contribution in [0.1, 0.15) is 11.1 Å². The number of sulfone groups is 1. The zero-order chi connectivity index (χ0) is 23.7. The SMILES string of the molecule is Cc1ccc(-c2nc(S(=O)(=O)c3ccc4c(c3)OCCO4)c(NCc3ccc(F)cc3)o2)cc1. The summed E-state index contributed by atoms with van der Waals surface area (Å²) in [7, 11) is -4.07. The van der Waals surface area contributed by atoms with Crippen LogP contribution in [0.15, 0.2) is 81.1 Å². The Hall–Kier alpha value is -3.85. The molecular weight excluding hydrogens is 459 g/mol. The minimum Gasteiger partial charge on any atom is -0.486 e. The average Bonchev–Trinajstić information content (AvgIpc) is 3.29. The molecule has 1 N–H and O–H groups in total. The summed E-state index contributed by atoms with van der Waals surface area (Å²) in [6.07, 6.45) is 0. The summed E-state index contributed by atoms with van der Waals surface area (Å²) in [5, 5.41) is 2.75. The van der Waals surface area contributed by atoms with Gasteiger partial charge in [0.05, 0.1) is 4.90 Å². The van der Waals surface area contributed by atoms with Gasteiger partial charge in [-0.3, -0.25) is 0 Å². The van der Waals surface area contributed by atoms with E-state index in [1.54, 1.807) is 18.2 Å². The third-order valence-corrected chi connectivity index (χ3v) is 7.00. The Morgan fingerprint density at radius 2 is 1.65 bits per heavy atom. The highest BCUT2D eigenvalue weighted by Crippen LogP contribution is 2.37. The number of hydrogen-bond acceptors (Lipinski definition) is 7. The first-order valence-corrected chi connectivity index (χ1v) is 12.1. The van der Waals surface area contributed by atoms with Gasteiger partial charge >= 0.3 is 0 Å². The highest BCUT2D eigenvalue weighted by Gasteiger charge is 2.30. The number of fused-ring (bicyclic) bond motifs is 1. The first-order valence-electron chi connectivity index (χ1n) is 10.6. The molecule has 174 valence electrons. The number of oxazole rings is 1. The van der Waals surface area contributed by atoms with Crippen LogP contribution in [0, 0.1) is 12.7 Å². The number of rotatable bonds is 6. The molecule has 1 aromatic heterocycles. The molecule has 0 saturated heterocycles. The van der Waals surface area contributed by atoms with Crippen molar-refractivity contribution in [1.29, 1.82) is 0 Å². The molecule has 0 spiro atoms. The molecule has 0 bridgehead atoms. The van der Waals surface area contributed by atoms with Crippen molar-refractivity contribution < 1.29 is 26.7 Å². The van der Waals surface area contributed by atoms with Crippen molar-refractivity contribution in [3.05, 3.63) is 83.7 Å². The van der Waals surface area contributed by atoms with Crippen molar-refractivity contribution in [2.45, 2.75) is 23.4 Å². The number of aryl methyl sites for hydroxylation is 1. The van der Waals surface area contributed by atoms with E-state index < -0.39 is 9.84 Å². The number of nitrogens with one attached hydrogen (secondary N) is 1. The second-order valence-electron chi connectivity index (χ2n) is 7.81. The molecule has 4 aromatic rings. The fraction of sp³-hybridized carbons (Fsp3) is 0.160. The zero-order valence-electron chi connectivity index (χ0n) is 18.2. The highest BCUT2D eigenvalue weighted by molar-refractivity contribution is 7.91. The van der Waals surface area contributed by atoms with Crippen LogP contribution in [-0.4, -0.2) is 26.6 Å². The normalized spacial score (nSPS) is 13.0. The second-order valence-corrected chi connectivity index (χ2v) is 9.67. The van der Waals surface area contributed by atoms with Crippen molar-refractivity contribution in [1.82, 2.24) is 4.98 Å². The molecule has 0 fully saturated rings. The van der Waals surface area contributed by atoms with Crippen LogP contribution in [0.2, 0.25) is 0 Å². The van der Waals surface area contributed by atoms with Gasteiger partial charge in [0.2, 0.25) is 26.6 Å². The van der Waals surface area contributed by atoms with Gasteiger partial charge in [0.25, 0.3) is 0 Å². The van der Waals surface area contributed by atoms with Gasteiger partial charge in [0, 0.05) is 18.2 Å². The van der Waals surface area contributed by atoms with Gasteiger partial charge in [-0.1, -0.05) is 29.8 Å². The molecule has 0 amide bonds. The number of halogens is 1. The summed E-state index contributed by atoms with van der Waals surface area (Å²) in [6.45, 7) is 2.90. The van der Waals surface area contributed by atoms with E-state index in [0.29, 0.717) is 30.3 Å². The molecule has 9 heteroatoms. The van der Waals surface area contributed by atoms with Crippen LogP contribution >= 0.6 is 0 Å². The number of anilines is 1. The summed E-state index contributed by atoms with van der Waals surface area (Å²) in [5.41, 5.74) is 2.44. The van der Waals surface area contributed by atoms with Crippen LogP contribution in [0.3, 0.4) is 0 Å². The Morgan fingerprint density at radius 1 is 0.941 bits per heavy atom. The van der Waals surface area contributed by atoms with Crippen LogP contribution in [0.4, 0.5) is 10.3 Å². The minimum atomic E-state index is -4.07. The summed E-state index contributed by atoms with van der Waals surface area (Å²) in [6, 6.07) is 17.7. The van der Waals surface area contributed by atoms with Gasteiger partial charge in [-0.2, -0.15) is 4.98 Å². The van der Waals surface area contributed by atoms with E-state index in [1.807, 2.05) is 31.2 Å². The number of hydrogen-bond donors (Lipinski definition) is 1. The fourth-order valence-corrected chi connectivity index (χ4v) is 4.80. The molecule has 0 radical (unpaired) electrons. The lowest BCUT2D eigenvalue weighted by atomic mass is 10.1. The summed E-state index contributed by atoms with van der Waals surface area (Å²) in [5.74, 6) is 0.648. The van der Waals surface area contributed by atoms with Gasteiger partial charge in [-0.15, -0.1) is 0 Å². The molecule has 7 nitrogen and oxygen atoms in total. The quantitative estimate of drug-likeness (QED) is 0.415. The third-order valence-electron chi connectivity index (χ3n) is 5.34. The summed E-state index contributed by atoms with van der Waals surface area (Å²) in [4.78, 5) is 4.35. The summed E-state index contributed by atoms with van der Waals surface area (Å²) < 4.78 is 57.3. The average molecular weight is 481 g/mol. The smallest absolute Gasteiger partial charge is 0.234 e. The Labute approximate surface area is 196 Å². The first kappa shape index (κ1) is 22.0. The molecule has 3 aromatic carbocycles. The molecule has 1 aliphatic rings. The van der Waals surface area contributed by atoms with Crippen molar-refractivity contribution >= 4 is 15.7 Å². The lowest BCUT2D eigenvalue weighted by Crippen LogP contribution is -2.16. The number of ether oxygens (including phenoxy) is 2. The Morgan fingerprint density at radius 3 is 2.38 bits per heavy atom. The van der Waals surface area contributed by atoms with E-state index in [4.69, 9.17) is 13.9 Å². The topological polar surface area (TPSA) is 90.7 Å². The van der Waals surface area contributed by atoms with Crippen LogP contribution in [-0.2, 0) is 16.4 Å². The van der Waals surface area contributed by atoms with E-state index in [-0.39, 0.29) is 34.1 Å². The van der Waals surface area contributed by atoms with Gasteiger partial charge in [0.15, 0.2) is 11.5 Å². The fourth-order valence-electron chi connectivity index (χ4n) is 3.51. The lowest BCUT2D eigenvalue weighted by molar-refractivity contribution is 0.171. The molecule has 0 unspecified atom stereocenters. The molecule has 0 saturated carbocycles. The molecule has 1 aliphatic heterocycles. The number of aromatic nitrogens is 1. The first-order chi connectivity index (χ1) is 16.4. The zero-order valence-corrected chi connectivity index (χ0v) is 19.1. The van der Waals surface area contributed by atoms with E-state index in [9.17, 15) is 12.8 Å². The standard InChI is InChI=1S/C25H21FN2O5S/c1-16-2-6-18(7-3-16)23-28-25(24(33-23)27-15-17-4-8-19(26)9-5-17)34(29,30)20-10-11-21-22(14-20)32-13-12-31-21/h2-11,14,27H,12-13,15H2,1H3. The largest absolute Gasteiger partial charge is 0.486 e. The van der Waals surface area contributed by atoms with Crippen LogP contribution in [0.5, 0.6) is 11.5 Å². The molecule has 2 heterocycles. The van der Waals surface area contributed by atoms with Gasteiger partial charge in [-0.25, -0.2) is 12.8 Å².